The zero-order chi connectivity index (χ0) is 12.6. The van der Waals surface area contributed by atoms with Crippen LogP contribution in [0.25, 0.3) is 0 Å². The van der Waals surface area contributed by atoms with Crippen molar-refractivity contribution in [1.82, 2.24) is 10.2 Å². The van der Waals surface area contributed by atoms with Crippen molar-refractivity contribution in [2.45, 2.75) is 19.9 Å². The zero-order valence-corrected chi connectivity index (χ0v) is 10.2. The molecule has 0 aromatic carbocycles. The van der Waals surface area contributed by atoms with Gasteiger partial charge in [-0.05, 0) is 13.8 Å². The predicted molar refractivity (Wildman–Crippen MR) is 60.8 cm³/mol. The van der Waals surface area contributed by atoms with Gasteiger partial charge in [0.1, 0.15) is 0 Å². The van der Waals surface area contributed by atoms with Gasteiger partial charge in [-0.1, -0.05) is 0 Å². The molecule has 0 aliphatic heterocycles. The van der Waals surface area contributed by atoms with Crippen molar-refractivity contribution >= 4 is 11.8 Å². The smallest absolute Gasteiger partial charge is 0.234 e. The van der Waals surface area contributed by atoms with E-state index in [9.17, 15) is 9.59 Å². The lowest BCUT2D eigenvalue weighted by molar-refractivity contribution is -0.126. The molecule has 94 valence electrons. The Labute approximate surface area is 96.1 Å². The quantitative estimate of drug-likeness (QED) is 0.558. The van der Waals surface area contributed by atoms with E-state index in [0.29, 0.717) is 19.7 Å². The molecule has 0 saturated heterocycles. The highest BCUT2D eigenvalue weighted by Crippen LogP contribution is 1.98. The van der Waals surface area contributed by atoms with Crippen LogP contribution in [0.3, 0.4) is 0 Å². The minimum atomic E-state index is -0.474. The van der Waals surface area contributed by atoms with Gasteiger partial charge in [0.25, 0.3) is 0 Å². The number of ether oxygens (including phenoxy) is 1. The number of hydrogen-bond acceptors (Lipinski definition) is 4. The average molecular weight is 231 g/mol. The van der Waals surface area contributed by atoms with E-state index < -0.39 is 11.9 Å². The van der Waals surface area contributed by atoms with Gasteiger partial charge in [0, 0.05) is 20.2 Å². The number of primary amides is 1. The highest BCUT2D eigenvalue weighted by molar-refractivity contribution is 5.82. The molecule has 0 aliphatic rings. The van der Waals surface area contributed by atoms with Crippen LogP contribution in [0.2, 0.25) is 0 Å². The number of carbonyl (C=O) groups is 2. The molecule has 0 aromatic rings. The van der Waals surface area contributed by atoms with E-state index in [1.54, 1.807) is 18.9 Å². The van der Waals surface area contributed by atoms with Crippen LogP contribution < -0.4 is 11.1 Å². The van der Waals surface area contributed by atoms with Crippen molar-refractivity contribution in [3.05, 3.63) is 0 Å². The fourth-order valence-electron chi connectivity index (χ4n) is 1.24. The van der Waals surface area contributed by atoms with Gasteiger partial charge in [-0.2, -0.15) is 0 Å². The zero-order valence-electron chi connectivity index (χ0n) is 10.2. The SMILES string of the molecule is CCNC(=O)CN(CCOC)C(C)C(N)=O. The number of amides is 2. The average Bonchev–Trinajstić information content (AvgIpc) is 2.23. The lowest BCUT2D eigenvalue weighted by atomic mass is 10.2. The number of carbonyl (C=O) groups excluding carboxylic acids is 2. The van der Waals surface area contributed by atoms with Crippen molar-refractivity contribution in [2.75, 3.05) is 33.4 Å². The molecule has 6 heteroatoms. The summed E-state index contributed by atoms with van der Waals surface area (Å²) in [5.74, 6) is -0.563. The second-order valence-electron chi connectivity index (χ2n) is 3.50. The summed E-state index contributed by atoms with van der Waals surface area (Å²) >= 11 is 0. The summed E-state index contributed by atoms with van der Waals surface area (Å²) in [5.41, 5.74) is 5.21. The normalized spacial score (nSPS) is 12.5. The molecule has 1 atom stereocenters. The number of nitrogens with one attached hydrogen (secondary N) is 1. The molecular weight excluding hydrogens is 210 g/mol. The predicted octanol–water partition coefficient (Wildman–Crippen LogP) is -1.06. The number of nitrogens with zero attached hydrogens (tertiary/aromatic N) is 1. The lowest BCUT2D eigenvalue weighted by Crippen LogP contribution is -2.48. The summed E-state index contributed by atoms with van der Waals surface area (Å²) in [6, 6.07) is -0.474. The molecule has 0 radical (unpaired) electrons. The first-order chi connectivity index (χ1) is 7.52. The van der Waals surface area contributed by atoms with E-state index >= 15 is 0 Å². The molecular formula is C10H21N3O3. The molecule has 0 fully saturated rings. The van der Waals surface area contributed by atoms with E-state index in [1.807, 2.05) is 6.92 Å². The number of methoxy groups -OCH3 is 1. The highest BCUT2D eigenvalue weighted by Gasteiger charge is 2.20. The maximum absolute atomic E-state index is 11.4. The van der Waals surface area contributed by atoms with Crippen molar-refractivity contribution in [1.29, 1.82) is 0 Å². The van der Waals surface area contributed by atoms with E-state index in [-0.39, 0.29) is 12.5 Å². The van der Waals surface area contributed by atoms with Gasteiger partial charge in [0.05, 0.1) is 19.2 Å². The molecule has 0 rings (SSSR count). The summed E-state index contributed by atoms with van der Waals surface area (Å²) in [7, 11) is 1.57. The number of rotatable bonds is 8. The van der Waals surface area contributed by atoms with Gasteiger partial charge >= 0.3 is 0 Å². The monoisotopic (exact) mass is 231 g/mol. The summed E-state index contributed by atoms with van der Waals surface area (Å²) in [4.78, 5) is 24.1. The third-order valence-corrected chi connectivity index (χ3v) is 2.26. The van der Waals surface area contributed by atoms with E-state index in [0.717, 1.165) is 0 Å². The van der Waals surface area contributed by atoms with Gasteiger partial charge in [0.15, 0.2) is 0 Å². The summed E-state index contributed by atoms with van der Waals surface area (Å²) in [6.07, 6.45) is 0. The fourth-order valence-corrected chi connectivity index (χ4v) is 1.24. The maximum atomic E-state index is 11.4. The molecule has 0 aliphatic carbocycles. The second kappa shape index (κ2) is 8.06. The molecule has 16 heavy (non-hydrogen) atoms. The Bertz CT molecular complexity index is 233. The van der Waals surface area contributed by atoms with Crippen LogP contribution in [0, 0.1) is 0 Å². The van der Waals surface area contributed by atoms with Crippen LogP contribution in [-0.2, 0) is 14.3 Å². The van der Waals surface area contributed by atoms with Crippen molar-refractivity contribution in [3.8, 4) is 0 Å². The Balaban J connectivity index is 4.30. The molecule has 0 bridgehead atoms. The Morgan fingerprint density at radius 3 is 2.56 bits per heavy atom. The Morgan fingerprint density at radius 2 is 2.12 bits per heavy atom. The first-order valence-corrected chi connectivity index (χ1v) is 5.31. The first kappa shape index (κ1) is 14.9. The summed E-state index contributed by atoms with van der Waals surface area (Å²) < 4.78 is 4.92. The fraction of sp³-hybridized carbons (Fsp3) is 0.800. The van der Waals surface area contributed by atoms with Crippen LogP contribution in [0.5, 0.6) is 0 Å². The van der Waals surface area contributed by atoms with Crippen LogP contribution >= 0.6 is 0 Å². The van der Waals surface area contributed by atoms with Gasteiger partial charge in [-0.3, -0.25) is 14.5 Å². The van der Waals surface area contributed by atoms with Gasteiger partial charge in [0.2, 0.25) is 11.8 Å². The van der Waals surface area contributed by atoms with Gasteiger partial charge < -0.3 is 15.8 Å². The Morgan fingerprint density at radius 1 is 1.50 bits per heavy atom. The minimum absolute atomic E-state index is 0.119. The topological polar surface area (TPSA) is 84.7 Å². The largest absolute Gasteiger partial charge is 0.383 e. The lowest BCUT2D eigenvalue weighted by Gasteiger charge is -2.25. The molecule has 1 unspecified atom stereocenters. The standard InChI is InChI=1S/C10H21N3O3/c1-4-12-9(14)7-13(5-6-16-3)8(2)10(11)15/h8H,4-7H2,1-3H3,(H2,11,15)(H,12,14). The van der Waals surface area contributed by atoms with Crippen molar-refractivity contribution in [2.24, 2.45) is 5.73 Å². The van der Waals surface area contributed by atoms with E-state index in [1.165, 1.54) is 0 Å². The van der Waals surface area contributed by atoms with Crippen LogP contribution in [0.15, 0.2) is 0 Å². The maximum Gasteiger partial charge on any atom is 0.234 e. The highest BCUT2D eigenvalue weighted by atomic mass is 16.5. The molecule has 3 N–H and O–H groups in total. The second-order valence-corrected chi connectivity index (χ2v) is 3.50. The van der Waals surface area contributed by atoms with Crippen LogP contribution in [0.1, 0.15) is 13.8 Å². The molecule has 6 nitrogen and oxygen atoms in total. The molecule has 0 aromatic heterocycles. The summed E-state index contributed by atoms with van der Waals surface area (Å²) in [5, 5.41) is 2.67. The molecule has 0 saturated carbocycles. The Kier molecular flexibility index (Phi) is 7.49. The Hall–Kier alpha value is -1.14. The third kappa shape index (κ3) is 5.67. The van der Waals surface area contributed by atoms with Crippen LogP contribution in [-0.4, -0.2) is 56.1 Å². The van der Waals surface area contributed by atoms with E-state index in [4.69, 9.17) is 10.5 Å². The third-order valence-electron chi connectivity index (χ3n) is 2.26. The van der Waals surface area contributed by atoms with Crippen molar-refractivity contribution in [3.63, 3.8) is 0 Å². The number of likely N-dealkylation sites (N-methyl/N-ethyl adjacent to an activating group) is 1. The van der Waals surface area contributed by atoms with E-state index in [2.05, 4.69) is 5.32 Å². The van der Waals surface area contributed by atoms with Crippen molar-refractivity contribution < 1.29 is 14.3 Å². The van der Waals surface area contributed by atoms with Crippen LogP contribution in [0.4, 0.5) is 0 Å². The minimum Gasteiger partial charge on any atom is -0.383 e. The summed E-state index contributed by atoms with van der Waals surface area (Å²) in [6.45, 7) is 5.20. The van der Waals surface area contributed by atoms with Gasteiger partial charge in [-0.15, -0.1) is 0 Å². The number of nitrogens with two attached hydrogens (primary N) is 1. The number of hydrogen-bond donors (Lipinski definition) is 2. The molecule has 0 heterocycles. The van der Waals surface area contributed by atoms with Gasteiger partial charge in [-0.25, -0.2) is 0 Å². The first-order valence-electron chi connectivity index (χ1n) is 5.31. The molecule has 0 spiro atoms. The molecule has 2 amide bonds.